The maximum Gasteiger partial charge on any atom is 0.323 e. The molecule has 0 aliphatic heterocycles. The van der Waals surface area contributed by atoms with Crippen molar-refractivity contribution in [2.45, 2.75) is 32.5 Å². The summed E-state index contributed by atoms with van der Waals surface area (Å²) in [6, 6.07) is 0. The number of carboxylic acid groups (broad SMARTS) is 1. The predicted molar refractivity (Wildman–Crippen MR) is 49.1 cm³/mol. The van der Waals surface area contributed by atoms with E-state index < -0.39 is 29.6 Å². The molecule has 0 aliphatic carbocycles. The molecule has 0 fully saturated rings. The fourth-order valence-electron chi connectivity index (χ4n) is 0.788. The van der Waals surface area contributed by atoms with Crippen LogP contribution < -0.4 is 11.5 Å². The van der Waals surface area contributed by atoms with Crippen LogP contribution in [0.15, 0.2) is 0 Å². The standard InChI is InChI=1S/C8H16N2O4/c1-8(2,3)14-7(13)4(5(9)10)6(11)12/h4-5H,9-10H2,1-3H3,(H,11,12). The van der Waals surface area contributed by atoms with Gasteiger partial charge < -0.3 is 21.3 Å². The van der Waals surface area contributed by atoms with Gasteiger partial charge in [-0.05, 0) is 20.8 Å². The lowest BCUT2D eigenvalue weighted by molar-refractivity contribution is -0.167. The van der Waals surface area contributed by atoms with Gasteiger partial charge in [0.05, 0.1) is 6.17 Å². The van der Waals surface area contributed by atoms with Crippen LogP contribution in [0.5, 0.6) is 0 Å². The summed E-state index contributed by atoms with van der Waals surface area (Å²) in [7, 11) is 0. The van der Waals surface area contributed by atoms with Crippen molar-refractivity contribution in [2.24, 2.45) is 17.4 Å². The molecule has 0 rings (SSSR count). The van der Waals surface area contributed by atoms with Crippen molar-refractivity contribution in [3.05, 3.63) is 0 Å². The Kier molecular flexibility index (Phi) is 4.03. The second-order valence-electron chi connectivity index (χ2n) is 3.93. The van der Waals surface area contributed by atoms with Gasteiger partial charge in [0.2, 0.25) is 0 Å². The Morgan fingerprint density at radius 3 is 1.93 bits per heavy atom. The largest absolute Gasteiger partial charge is 0.481 e. The molecule has 1 atom stereocenters. The van der Waals surface area contributed by atoms with Gasteiger partial charge in [0.25, 0.3) is 0 Å². The number of carbonyl (C=O) groups is 2. The van der Waals surface area contributed by atoms with Crippen LogP contribution in [0, 0.1) is 5.92 Å². The molecule has 0 aromatic carbocycles. The minimum absolute atomic E-state index is 0.750. The lowest BCUT2D eigenvalue weighted by Crippen LogP contribution is -2.48. The fourth-order valence-corrected chi connectivity index (χ4v) is 0.788. The number of esters is 1. The van der Waals surface area contributed by atoms with Crippen LogP contribution in [0.3, 0.4) is 0 Å². The molecule has 0 aromatic heterocycles. The molecule has 0 saturated heterocycles. The highest BCUT2D eigenvalue weighted by Gasteiger charge is 2.34. The second kappa shape index (κ2) is 4.39. The van der Waals surface area contributed by atoms with Gasteiger partial charge in [-0.15, -0.1) is 0 Å². The molecule has 0 saturated carbocycles. The number of nitrogens with two attached hydrogens (primary N) is 2. The van der Waals surface area contributed by atoms with Crippen LogP contribution in [0.2, 0.25) is 0 Å². The number of ether oxygens (including phenoxy) is 1. The molecule has 0 amide bonds. The van der Waals surface area contributed by atoms with Crippen molar-refractivity contribution in [2.75, 3.05) is 0 Å². The molecule has 5 N–H and O–H groups in total. The first-order chi connectivity index (χ1) is 6.15. The van der Waals surface area contributed by atoms with Crippen LogP contribution in [-0.4, -0.2) is 28.8 Å². The quantitative estimate of drug-likeness (QED) is 0.317. The second-order valence-corrected chi connectivity index (χ2v) is 3.93. The molecule has 6 heteroatoms. The molecule has 14 heavy (non-hydrogen) atoms. The van der Waals surface area contributed by atoms with E-state index in [1.54, 1.807) is 20.8 Å². The minimum Gasteiger partial charge on any atom is -0.481 e. The SMILES string of the molecule is CC(C)(C)OC(=O)C(C(=O)O)C(N)N. The molecule has 0 aliphatic rings. The first-order valence-electron chi connectivity index (χ1n) is 4.12. The van der Waals surface area contributed by atoms with Gasteiger partial charge in [-0.1, -0.05) is 0 Å². The predicted octanol–water partition coefficient (Wildman–Crippen LogP) is -0.728. The third kappa shape index (κ3) is 4.20. The van der Waals surface area contributed by atoms with Crippen LogP contribution in [0.25, 0.3) is 0 Å². The highest BCUT2D eigenvalue weighted by Crippen LogP contribution is 2.12. The normalized spacial score (nSPS) is 13.9. The Morgan fingerprint density at radius 1 is 1.29 bits per heavy atom. The summed E-state index contributed by atoms with van der Waals surface area (Å²) in [5.41, 5.74) is 9.56. The van der Waals surface area contributed by atoms with Gasteiger partial charge in [-0.3, -0.25) is 9.59 Å². The lowest BCUT2D eigenvalue weighted by Gasteiger charge is -2.23. The van der Waals surface area contributed by atoms with E-state index in [0.29, 0.717) is 0 Å². The van der Waals surface area contributed by atoms with Gasteiger partial charge in [0.15, 0.2) is 5.92 Å². The van der Waals surface area contributed by atoms with Crippen LogP contribution in [0.1, 0.15) is 20.8 Å². The Bertz CT molecular complexity index is 232. The van der Waals surface area contributed by atoms with E-state index in [1.165, 1.54) is 0 Å². The summed E-state index contributed by atoms with van der Waals surface area (Å²) in [5, 5.41) is 8.65. The Balaban J connectivity index is 4.55. The van der Waals surface area contributed by atoms with Crippen LogP contribution in [-0.2, 0) is 14.3 Å². The molecule has 82 valence electrons. The first-order valence-corrected chi connectivity index (χ1v) is 4.12. The van der Waals surface area contributed by atoms with Crippen molar-refractivity contribution < 1.29 is 19.4 Å². The summed E-state index contributed by atoms with van der Waals surface area (Å²) in [6.45, 7) is 4.89. The third-order valence-corrected chi connectivity index (χ3v) is 1.31. The molecule has 0 spiro atoms. The number of rotatable bonds is 3. The topological polar surface area (TPSA) is 116 Å². The number of aliphatic carboxylic acids is 1. The molecule has 0 heterocycles. The molecule has 1 unspecified atom stereocenters. The van der Waals surface area contributed by atoms with E-state index in [1.807, 2.05) is 0 Å². The van der Waals surface area contributed by atoms with E-state index >= 15 is 0 Å². The van der Waals surface area contributed by atoms with Crippen molar-refractivity contribution in [1.29, 1.82) is 0 Å². The maximum atomic E-state index is 11.3. The zero-order chi connectivity index (χ0) is 11.5. The number of hydrogen-bond donors (Lipinski definition) is 3. The zero-order valence-corrected chi connectivity index (χ0v) is 8.48. The third-order valence-electron chi connectivity index (χ3n) is 1.31. The summed E-state index contributed by atoms with van der Waals surface area (Å²) >= 11 is 0. The van der Waals surface area contributed by atoms with Crippen molar-refractivity contribution >= 4 is 11.9 Å². The van der Waals surface area contributed by atoms with Gasteiger partial charge in [-0.2, -0.15) is 0 Å². The van der Waals surface area contributed by atoms with Gasteiger partial charge in [0, 0.05) is 0 Å². The van der Waals surface area contributed by atoms with Crippen LogP contribution >= 0.6 is 0 Å². The van der Waals surface area contributed by atoms with Gasteiger partial charge in [0.1, 0.15) is 5.60 Å². The highest BCUT2D eigenvalue weighted by atomic mass is 16.6. The molecule has 0 aromatic rings. The van der Waals surface area contributed by atoms with Gasteiger partial charge in [-0.25, -0.2) is 0 Å². The van der Waals surface area contributed by atoms with Crippen LogP contribution in [0.4, 0.5) is 0 Å². The summed E-state index contributed by atoms with van der Waals surface area (Å²) < 4.78 is 4.84. The van der Waals surface area contributed by atoms with E-state index in [2.05, 4.69) is 0 Å². The molecule has 0 radical (unpaired) electrons. The zero-order valence-electron chi connectivity index (χ0n) is 8.48. The fraction of sp³-hybridized carbons (Fsp3) is 0.750. The number of carbonyl (C=O) groups excluding carboxylic acids is 1. The highest BCUT2D eigenvalue weighted by molar-refractivity contribution is 5.94. The van der Waals surface area contributed by atoms with E-state index in [-0.39, 0.29) is 0 Å². The van der Waals surface area contributed by atoms with Crippen molar-refractivity contribution in [3.8, 4) is 0 Å². The lowest BCUT2D eigenvalue weighted by atomic mass is 10.1. The average molecular weight is 204 g/mol. The molecular weight excluding hydrogens is 188 g/mol. The van der Waals surface area contributed by atoms with Gasteiger partial charge >= 0.3 is 11.9 Å². The smallest absolute Gasteiger partial charge is 0.323 e. The Morgan fingerprint density at radius 2 is 1.71 bits per heavy atom. The number of carboxylic acids is 1. The summed E-state index contributed by atoms with van der Waals surface area (Å²) in [6.07, 6.45) is -1.26. The molecular formula is C8H16N2O4. The minimum atomic E-state index is -1.52. The van der Waals surface area contributed by atoms with E-state index in [0.717, 1.165) is 0 Å². The monoisotopic (exact) mass is 204 g/mol. The Hall–Kier alpha value is -1.14. The first kappa shape index (κ1) is 12.9. The van der Waals surface area contributed by atoms with Crippen molar-refractivity contribution in [3.63, 3.8) is 0 Å². The summed E-state index contributed by atoms with van der Waals surface area (Å²) in [4.78, 5) is 21.9. The summed E-state index contributed by atoms with van der Waals surface area (Å²) in [5.74, 6) is -3.82. The van der Waals surface area contributed by atoms with E-state index in [4.69, 9.17) is 21.3 Å². The average Bonchev–Trinajstić information content (AvgIpc) is 1.78. The molecule has 0 bridgehead atoms. The van der Waals surface area contributed by atoms with Crippen molar-refractivity contribution in [1.82, 2.24) is 0 Å². The Labute approximate surface area is 82.2 Å². The maximum absolute atomic E-state index is 11.3. The molecule has 6 nitrogen and oxygen atoms in total. The van der Waals surface area contributed by atoms with E-state index in [9.17, 15) is 9.59 Å². The number of hydrogen-bond acceptors (Lipinski definition) is 5.